The second-order valence-electron chi connectivity index (χ2n) is 10.1. The van der Waals surface area contributed by atoms with Crippen molar-refractivity contribution in [2.24, 2.45) is 0 Å². The zero-order valence-corrected chi connectivity index (χ0v) is 23.2. The number of aryl methyl sites for hydroxylation is 1. The van der Waals surface area contributed by atoms with Gasteiger partial charge in [0.25, 0.3) is 15.6 Å². The summed E-state index contributed by atoms with van der Waals surface area (Å²) in [7, 11) is -4.69. The molecule has 0 aromatic heterocycles. The molecule has 2 aliphatic heterocycles. The number of cyclic esters (lactones) is 1. The maximum Gasteiger partial charge on any atom is 0.430 e. The summed E-state index contributed by atoms with van der Waals surface area (Å²) in [6.07, 6.45) is -13.6. The number of aliphatic hydroxyl groups is 1. The van der Waals surface area contributed by atoms with E-state index in [0.29, 0.717) is 16.4 Å². The molecule has 0 aliphatic carbocycles. The predicted octanol–water partition coefficient (Wildman–Crippen LogP) is 2.59. The van der Waals surface area contributed by atoms with Gasteiger partial charge in [0.05, 0.1) is 35.6 Å². The molecule has 2 amide bonds. The normalized spacial score (nSPS) is 19.3. The lowest BCUT2D eigenvalue weighted by Gasteiger charge is -2.39. The molecule has 2 atom stereocenters. The fraction of sp³-hybridized carbons (Fsp3) is 0.423. The number of amides is 2. The van der Waals surface area contributed by atoms with Crippen molar-refractivity contribution < 1.29 is 63.4 Å². The van der Waals surface area contributed by atoms with Crippen molar-refractivity contribution in [2.45, 2.75) is 60.6 Å². The van der Waals surface area contributed by atoms with Gasteiger partial charge >= 0.3 is 18.3 Å². The van der Waals surface area contributed by atoms with Crippen molar-refractivity contribution in [1.29, 1.82) is 0 Å². The Morgan fingerprint density at radius 1 is 1.00 bits per heavy atom. The number of rotatable bonds is 8. The molecule has 3 N–H and O–H groups in total. The molecule has 2 aliphatic rings. The Morgan fingerprint density at radius 2 is 1.64 bits per heavy atom. The third-order valence-electron chi connectivity index (χ3n) is 7.10. The van der Waals surface area contributed by atoms with E-state index in [0.717, 1.165) is 24.3 Å². The van der Waals surface area contributed by atoms with Crippen molar-refractivity contribution in [3.63, 3.8) is 0 Å². The molecule has 2 aromatic rings. The number of hydrogen-bond acceptors (Lipinski definition) is 7. The molecular formula is C26H24F7N3O7S. The highest BCUT2D eigenvalue weighted by Gasteiger charge is 2.71. The minimum atomic E-state index is -6.18. The fourth-order valence-corrected chi connectivity index (χ4v) is 6.65. The molecule has 44 heavy (non-hydrogen) atoms. The molecule has 4 rings (SSSR count). The van der Waals surface area contributed by atoms with E-state index in [4.69, 9.17) is 4.74 Å². The van der Waals surface area contributed by atoms with Crippen LogP contribution in [0.25, 0.3) is 0 Å². The monoisotopic (exact) mass is 655 g/mol. The second-order valence-corrected chi connectivity index (χ2v) is 11.9. The minimum absolute atomic E-state index is 0.0543. The summed E-state index contributed by atoms with van der Waals surface area (Å²) in [5, 5.41) is 14.6. The molecular weight excluding hydrogens is 631 g/mol. The van der Waals surface area contributed by atoms with Crippen LogP contribution in [0.4, 0.5) is 36.4 Å². The molecule has 1 saturated heterocycles. The highest BCUT2D eigenvalue weighted by molar-refractivity contribution is 7.92. The number of nitrogens with zero attached hydrogens (tertiary/aromatic N) is 1. The van der Waals surface area contributed by atoms with Crippen LogP contribution in [-0.4, -0.2) is 68.9 Å². The average Bonchev–Trinajstić information content (AvgIpc) is 3.34. The molecule has 0 saturated carbocycles. The van der Waals surface area contributed by atoms with E-state index in [-0.39, 0.29) is 43.2 Å². The van der Waals surface area contributed by atoms with Crippen LogP contribution in [0.1, 0.15) is 30.4 Å². The smallest absolute Gasteiger partial charge is 0.430 e. The van der Waals surface area contributed by atoms with Gasteiger partial charge in [-0.2, -0.15) is 26.3 Å². The summed E-state index contributed by atoms with van der Waals surface area (Å²) in [6.45, 7) is -0.615. The number of benzene rings is 2. The Morgan fingerprint density at radius 3 is 2.20 bits per heavy atom. The number of anilines is 1. The topological polar surface area (TPSA) is 142 Å². The van der Waals surface area contributed by atoms with Gasteiger partial charge in [-0.25, -0.2) is 12.8 Å². The summed E-state index contributed by atoms with van der Waals surface area (Å²) in [4.78, 5) is 35.6. The van der Waals surface area contributed by atoms with Gasteiger partial charge in [-0.3, -0.25) is 18.7 Å². The van der Waals surface area contributed by atoms with Gasteiger partial charge in [-0.05, 0) is 48.7 Å². The Kier molecular flexibility index (Phi) is 8.89. The molecule has 0 radical (unpaired) electrons. The molecule has 1 fully saturated rings. The largest absolute Gasteiger partial charge is 0.463 e. The summed E-state index contributed by atoms with van der Waals surface area (Å²) in [5.74, 6) is -2.82. The van der Waals surface area contributed by atoms with Crippen LogP contribution in [-0.2, 0) is 41.2 Å². The fourth-order valence-electron chi connectivity index (χ4n) is 4.93. The first-order valence-electron chi connectivity index (χ1n) is 12.9. The molecule has 240 valence electrons. The van der Waals surface area contributed by atoms with E-state index in [1.54, 1.807) is 0 Å². The van der Waals surface area contributed by atoms with Crippen molar-refractivity contribution in [3.05, 3.63) is 59.4 Å². The van der Waals surface area contributed by atoms with Crippen LogP contribution in [0.3, 0.4) is 0 Å². The van der Waals surface area contributed by atoms with Crippen LogP contribution in [0.2, 0.25) is 0 Å². The highest BCUT2D eigenvalue weighted by atomic mass is 32.2. The number of alkyl halides is 6. The standard InChI is InChI=1S/C26H24F7N3O7S/c27-16-3-6-19(7-4-16)44(41,42)36-18(11-21(37)34-12-22(38)35-17-10-23(39)43-13-17)5-1-14-9-15(2-8-20(14)36)24(40,25(28,29)30)26(31,32)33/h2-4,6-9,17-18,40H,1,5,10-13H2,(H,34,37)(H,35,38). The van der Waals surface area contributed by atoms with E-state index in [1.807, 2.05) is 0 Å². The van der Waals surface area contributed by atoms with E-state index in [2.05, 4.69) is 10.6 Å². The number of carbonyl (C=O) groups is 3. The summed E-state index contributed by atoms with van der Waals surface area (Å²) in [6, 6.07) is 2.92. The molecule has 2 unspecified atom stereocenters. The molecule has 18 heteroatoms. The zero-order chi connectivity index (χ0) is 32.7. The Bertz CT molecular complexity index is 1530. The van der Waals surface area contributed by atoms with Gasteiger partial charge in [0.1, 0.15) is 12.4 Å². The van der Waals surface area contributed by atoms with Gasteiger partial charge in [0.15, 0.2) is 0 Å². The van der Waals surface area contributed by atoms with E-state index >= 15 is 0 Å². The SMILES string of the molecule is O=C(CC1CCc2cc(C(O)(C(F)(F)F)C(F)(F)F)ccc2N1S(=O)(=O)c1ccc(F)cc1)NCC(=O)NC1COC(=O)C1. The molecule has 0 bridgehead atoms. The van der Waals surface area contributed by atoms with Crippen LogP contribution in [0.5, 0.6) is 0 Å². The number of fused-ring (bicyclic) bond motifs is 1. The van der Waals surface area contributed by atoms with E-state index in [9.17, 15) is 58.6 Å². The van der Waals surface area contributed by atoms with E-state index < -0.39 is 87.1 Å². The number of sulfonamides is 1. The summed E-state index contributed by atoms with van der Waals surface area (Å²) < 4.78 is 127. The Balaban J connectivity index is 1.64. The number of hydrogen-bond donors (Lipinski definition) is 3. The van der Waals surface area contributed by atoms with Gasteiger partial charge in [0, 0.05) is 12.0 Å². The van der Waals surface area contributed by atoms with E-state index in [1.165, 1.54) is 0 Å². The van der Waals surface area contributed by atoms with Crippen molar-refractivity contribution in [3.8, 4) is 0 Å². The number of ether oxygens (including phenoxy) is 1. The van der Waals surface area contributed by atoms with Crippen molar-refractivity contribution in [2.75, 3.05) is 17.5 Å². The third kappa shape index (κ3) is 6.45. The molecule has 2 aromatic carbocycles. The molecule has 2 heterocycles. The average molecular weight is 656 g/mol. The second kappa shape index (κ2) is 11.9. The first-order valence-corrected chi connectivity index (χ1v) is 14.3. The lowest BCUT2D eigenvalue weighted by atomic mass is 9.87. The summed E-state index contributed by atoms with van der Waals surface area (Å²) in [5.41, 5.74) is -7.51. The zero-order valence-electron chi connectivity index (χ0n) is 22.3. The first kappa shape index (κ1) is 33.0. The number of esters is 1. The van der Waals surface area contributed by atoms with Gasteiger partial charge in [-0.15, -0.1) is 0 Å². The first-order chi connectivity index (χ1) is 20.3. The van der Waals surface area contributed by atoms with Crippen LogP contribution >= 0.6 is 0 Å². The van der Waals surface area contributed by atoms with Gasteiger partial charge in [-0.1, -0.05) is 12.1 Å². The minimum Gasteiger partial charge on any atom is -0.463 e. The molecule has 0 spiro atoms. The Hall–Kier alpha value is -3.93. The molecule has 10 nitrogen and oxygen atoms in total. The third-order valence-corrected chi connectivity index (χ3v) is 8.98. The summed E-state index contributed by atoms with van der Waals surface area (Å²) >= 11 is 0. The van der Waals surface area contributed by atoms with Crippen molar-refractivity contribution >= 4 is 33.5 Å². The van der Waals surface area contributed by atoms with Gasteiger partial charge in [0.2, 0.25) is 11.8 Å². The highest BCUT2D eigenvalue weighted by Crippen LogP contribution is 2.51. The number of nitrogens with one attached hydrogen (secondary N) is 2. The maximum atomic E-state index is 13.7. The van der Waals surface area contributed by atoms with Crippen LogP contribution < -0.4 is 14.9 Å². The van der Waals surface area contributed by atoms with Gasteiger partial charge < -0.3 is 20.5 Å². The predicted molar refractivity (Wildman–Crippen MR) is 136 cm³/mol. The van der Waals surface area contributed by atoms with Crippen molar-refractivity contribution in [1.82, 2.24) is 10.6 Å². The van der Waals surface area contributed by atoms with Crippen LogP contribution in [0, 0.1) is 5.82 Å². The Labute approximate surface area is 245 Å². The maximum absolute atomic E-state index is 13.7. The quantitative estimate of drug-likeness (QED) is 0.293. The lowest BCUT2D eigenvalue weighted by Crippen LogP contribution is -2.54. The number of halogens is 7. The van der Waals surface area contributed by atoms with Crippen LogP contribution in [0.15, 0.2) is 47.4 Å². The lowest BCUT2D eigenvalue weighted by molar-refractivity contribution is -0.376. The number of carbonyl (C=O) groups excluding carboxylic acids is 3.